The molecular weight excluding hydrogens is 236 g/mol. The summed E-state index contributed by atoms with van der Waals surface area (Å²) < 4.78 is 0. The molecule has 0 aliphatic rings. The Bertz CT molecular complexity index is 511. The third-order valence-electron chi connectivity index (χ3n) is 2.47. The second-order valence-electron chi connectivity index (χ2n) is 3.61. The van der Waals surface area contributed by atoms with Crippen LogP contribution in [0, 0.1) is 0 Å². The number of aliphatic carboxylic acids is 1. The first-order valence-electron chi connectivity index (χ1n) is 5.16. The third kappa shape index (κ3) is 2.62. The number of para-hydroxylation sites is 1. The molecule has 5 heteroatoms. The van der Waals surface area contributed by atoms with Crippen molar-refractivity contribution in [3.63, 3.8) is 0 Å². The van der Waals surface area contributed by atoms with Gasteiger partial charge in [0.25, 0.3) is 0 Å². The molecule has 1 heterocycles. The summed E-state index contributed by atoms with van der Waals surface area (Å²) >= 11 is 1.48. The second-order valence-corrected chi connectivity index (χ2v) is 4.50. The number of benzene rings is 1. The van der Waals surface area contributed by atoms with Gasteiger partial charge in [0.15, 0.2) is 5.13 Å². The fourth-order valence-corrected chi connectivity index (χ4v) is 2.06. The fourth-order valence-electron chi connectivity index (χ4n) is 1.52. The molecule has 2 rings (SSSR count). The van der Waals surface area contributed by atoms with Gasteiger partial charge in [-0.1, -0.05) is 18.2 Å². The van der Waals surface area contributed by atoms with E-state index >= 15 is 0 Å². The summed E-state index contributed by atoms with van der Waals surface area (Å²) in [4.78, 5) is 15.1. The van der Waals surface area contributed by atoms with E-state index in [1.807, 2.05) is 29.6 Å². The van der Waals surface area contributed by atoms with E-state index in [9.17, 15) is 4.79 Å². The maximum Gasteiger partial charge on any atom is 0.310 e. The molecule has 17 heavy (non-hydrogen) atoms. The summed E-state index contributed by atoms with van der Waals surface area (Å²) in [6, 6.07) is 7.38. The topological polar surface area (TPSA) is 62.2 Å². The predicted molar refractivity (Wildman–Crippen MR) is 67.9 cm³/mol. The Hall–Kier alpha value is -1.88. The zero-order chi connectivity index (χ0) is 12.3. The molecule has 0 amide bonds. The van der Waals surface area contributed by atoms with Crippen molar-refractivity contribution in [2.45, 2.75) is 12.8 Å². The molecule has 0 bridgehead atoms. The molecule has 2 aromatic rings. The molecule has 88 valence electrons. The Morgan fingerprint density at radius 1 is 1.47 bits per heavy atom. The van der Waals surface area contributed by atoms with Gasteiger partial charge in [-0.2, -0.15) is 0 Å². The van der Waals surface area contributed by atoms with Gasteiger partial charge in [0.05, 0.1) is 5.92 Å². The molecule has 1 aromatic carbocycles. The number of rotatable bonds is 4. The van der Waals surface area contributed by atoms with Crippen molar-refractivity contribution < 1.29 is 9.90 Å². The van der Waals surface area contributed by atoms with Crippen molar-refractivity contribution in [2.75, 3.05) is 5.32 Å². The molecule has 4 nitrogen and oxygen atoms in total. The fraction of sp³-hybridized carbons (Fsp3) is 0.167. The number of aromatic nitrogens is 1. The first-order valence-corrected chi connectivity index (χ1v) is 6.04. The van der Waals surface area contributed by atoms with Crippen molar-refractivity contribution in [3.8, 4) is 0 Å². The van der Waals surface area contributed by atoms with Gasteiger partial charge in [0.2, 0.25) is 0 Å². The maximum atomic E-state index is 11.0. The molecule has 0 radical (unpaired) electrons. The lowest BCUT2D eigenvalue weighted by Crippen LogP contribution is -2.09. The molecule has 0 saturated heterocycles. The maximum absolute atomic E-state index is 11.0. The highest BCUT2D eigenvalue weighted by molar-refractivity contribution is 7.13. The van der Waals surface area contributed by atoms with Gasteiger partial charge in [-0.25, -0.2) is 4.98 Å². The summed E-state index contributed by atoms with van der Waals surface area (Å²) in [6.45, 7) is 1.67. The average Bonchev–Trinajstić information content (AvgIpc) is 2.81. The van der Waals surface area contributed by atoms with E-state index in [1.54, 1.807) is 13.1 Å². The number of anilines is 2. The molecule has 1 atom stereocenters. The number of hydrogen-bond donors (Lipinski definition) is 2. The Morgan fingerprint density at radius 2 is 2.24 bits per heavy atom. The van der Waals surface area contributed by atoms with Crippen LogP contribution < -0.4 is 5.32 Å². The number of carboxylic acid groups (broad SMARTS) is 1. The van der Waals surface area contributed by atoms with E-state index in [-0.39, 0.29) is 0 Å². The lowest BCUT2D eigenvalue weighted by Gasteiger charge is -2.13. The lowest BCUT2D eigenvalue weighted by atomic mass is 9.99. The Morgan fingerprint density at radius 3 is 2.88 bits per heavy atom. The Kier molecular flexibility index (Phi) is 3.39. The number of nitrogens with zero attached hydrogens (tertiary/aromatic N) is 1. The summed E-state index contributed by atoms with van der Waals surface area (Å²) in [5.74, 6) is -1.38. The first kappa shape index (κ1) is 11.6. The third-order valence-corrected chi connectivity index (χ3v) is 3.16. The van der Waals surface area contributed by atoms with Gasteiger partial charge in [-0.15, -0.1) is 11.3 Å². The van der Waals surface area contributed by atoms with Gasteiger partial charge in [-0.05, 0) is 18.6 Å². The lowest BCUT2D eigenvalue weighted by molar-refractivity contribution is -0.138. The number of carboxylic acids is 1. The van der Waals surface area contributed by atoms with E-state index in [2.05, 4.69) is 10.3 Å². The molecule has 1 aromatic heterocycles. The van der Waals surface area contributed by atoms with E-state index in [1.165, 1.54) is 11.3 Å². The molecule has 1 unspecified atom stereocenters. The molecule has 0 aliphatic heterocycles. The van der Waals surface area contributed by atoms with E-state index in [0.29, 0.717) is 0 Å². The van der Waals surface area contributed by atoms with Crippen LogP contribution >= 0.6 is 11.3 Å². The summed E-state index contributed by atoms with van der Waals surface area (Å²) in [5, 5.41) is 14.8. The highest BCUT2D eigenvalue weighted by Crippen LogP contribution is 2.27. The number of hydrogen-bond acceptors (Lipinski definition) is 4. The van der Waals surface area contributed by atoms with Gasteiger partial charge < -0.3 is 10.4 Å². The quantitative estimate of drug-likeness (QED) is 0.872. The number of nitrogens with one attached hydrogen (secondary N) is 1. The molecule has 0 fully saturated rings. The average molecular weight is 248 g/mol. The molecular formula is C12H12N2O2S. The number of thiazole rings is 1. The standard InChI is InChI=1S/C12H12N2O2S/c1-8(11(15)16)9-4-2-3-5-10(9)14-12-13-6-7-17-12/h2-8H,1H3,(H,13,14)(H,15,16). The Labute approximate surface area is 103 Å². The largest absolute Gasteiger partial charge is 0.481 e. The van der Waals surface area contributed by atoms with Crippen molar-refractivity contribution in [1.82, 2.24) is 4.98 Å². The zero-order valence-electron chi connectivity index (χ0n) is 9.25. The minimum atomic E-state index is -0.835. The monoisotopic (exact) mass is 248 g/mol. The highest BCUT2D eigenvalue weighted by atomic mass is 32.1. The van der Waals surface area contributed by atoms with Crippen molar-refractivity contribution >= 4 is 28.1 Å². The smallest absolute Gasteiger partial charge is 0.310 e. The van der Waals surface area contributed by atoms with Gasteiger partial charge in [0.1, 0.15) is 0 Å². The summed E-state index contributed by atoms with van der Waals surface area (Å²) in [6.07, 6.45) is 1.70. The SMILES string of the molecule is CC(C(=O)O)c1ccccc1Nc1nccs1. The van der Waals surface area contributed by atoms with E-state index < -0.39 is 11.9 Å². The zero-order valence-corrected chi connectivity index (χ0v) is 10.1. The minimum Gasteiger partial charge on any atom is -0.481 e. The van der Waals surface area contributed by atoms with Crippen LogP contribution in [0.3, 0.4) is 0 Å². The molecule has 0 saturated carbocycles. The van der Waals surface area contributed by atoms with Crippen LogP contribution in [0.5, 0.6) is 0 Å². The van der Waals surface area contributed by atoms with Crippen LogP contribution in [0.25, 0.3) is 0 Å². The van der Waals surface area contributed by atoms with Crippen LogP contribution in [-0.4, -0.2) is 16.1 Å². The van der Waals surface area contributed by atoms with E-state index in [0.717, 1.165) is 16.4 Å². The summed E-state index contributed by atoms with van der Waals surface area (Å²) in [7, 11) is 0. The normalized spacial score (nSPS) is 12.1. The molecule has 2 N–H and O–H groups in total. The van der Waals surface area contributed by atoms with Crippen LogP contribution in [0.4, 0.5) is 10.8 Å². The minimum absolute atomic E-state index is 0.543. The van der Waals surface area contributed by atoms with Crippen LogP contribution in [0.1, 0.15) is 18.4 Å². The van der Waals surface area contributed by atoms with E-state index in [4.69, 9.17) is 5.11 Å². The van der Waals surface area contributed by atoms with Gasteiger partial charge in [0, 0.05) is 17.3 Å². The Balaban J connectivity index is 2.30. The van der Waals surface area contributed by atoms with Crippen LogP contribution in [0.15, 0.2) is 35.8 Å². The summed E-state index contributed by atoms with van der Waals surface area (Å²) in [5.41, 5.74) is 1.55. The van der Waals surface area contributed by atoms with Crippen LogP contribution in [0.2, 0.25) is 0 Å². The first-order chi connectivity index (χ1) is 8.18. The number of carbonyl (C=O) groups is 1. The highest BCUT2D eigenvalue weighted by Gasteiger charge is 2.17. The molecule has 0 aliphatic carbocycles. The predicted octanol–water partition coefficient (Wildman–Crippen LogP) is 3.07. The van der Waals surface area contributed by atoms with Crippen molar-refractivity contribution in [3.05, 3.63) is 41.4 Å². The van der Waals surface area contributed by atoms with Gasteiger partial charge in [-0.3, -0.25) is 4.79 Å². The van der Waals surface area contributed by atoms with Crippen LogP contribution in [-0.2, 0) is 4.79 Å². The van der Waals surface area contributed by atoms with Crippen molar-refractivity contribution in [2.24, 2.45) is 0 Å². The van der Waals surface area contributed by atoms with Gasteiger partial charge >= 0.3 is 5.97 Å². The molecule has 0 spiro atoms. The van der Waals surface area contributed by atoms with Crippen molar-refractivity contribution in [1.29, 1.82) is 0 Å². The second kappa shape index (κ2) is 4.97.